The Labute approximate surface area is 103 Å². The lowest BCUT2D eigenvalue weighted by atomic mass is 10.1. The van der Waals surface area contributed by atoms with E-state index in [2.05, 4.69) is 24.3 Å². The van der Waals surface area contributed by atoms with Crippen LogP contribution in [0.25, 0.3) is 0 Å². The molecule has 0 saturated heterocycles. The van der Waals surface area contributed by atoms with Gasteiger partial charge < -0.3 is 16.3 Å². The third-order valence-corrected chi connectivity index (χ3v) is 2.71. The minimum absolute atomic E-state index is 0.147. The van der Waals surface area contributed by atoms with Crippen molar-refractivity contribution in [1.29, 1.82) is 0 Å². The largest absolute Gasteiger partial charge is 0.409 e. The van der Waals surface area contributed by atoms with E-state index in [-0.39, 0.29) is 5.84 Å². The molecule has 0 aliphatic heterocycles. The predicted octanol–water partition coefficient (Wildman–Crippen LogP) is 2.06. The van der Waals surface area contributed by atoms with Crippen molar-refractivity contribution in [3.8, 4) is 0 Å². The van der Waals surface area contributed by atoms with Crippen LogP contribution in [0.15, 0.2) is 29.4 Å². The highest BCUT2D eigenvalue weighted by molar-refractivity contribution is 5.97. The van der Waals surface area contributed by atoms with Gasteiger partial charge in [-0.1, -0.05) is 36.7 Å². The Balaban J connectivity index is 2.60. The molecule has 0 radical (unpaired) electrons. The molecule has 1 atom stereocenters. The van der Waals surface area contributed by atoms with Crippen LogP contribution in [0.3, 0.4) is 0 Å². The first kappa shape index (κ1) is 13.5. The van der Waals surface area contributed by atoms with Crippen molar-refractivity contribution in [3.63, 3.8) is 0 Å². The first-order chi connectivity index (χ1) is 8.17. The summed E-state index contributed by atoms with van der Waals surface area (Å²) in [5.74, 6) is 0.147. The molecule has 4 N–H and O–H groups in total. The first-order valence-electron chi connectivity index (χ1n) is 5.97. The van der Waals surface area contributed by atoms with E-state index < -0.39 is 0 Å². The zero-order valence-corrected chi connectivity index (χ0v) is 10.5. The molecule has 0 bridgehead atoms. The Morgan fingerprint density at radius 2 is 2.29 bits per heavy atom. The van der Waals surface area contributed by atoms with Crippen LogP contribution in [0.1, 0.15) is 37.8 Å². The average molecular weight is 235 g/mol. The van der Waals surface area contributed by atoms with Gasteiger partial charge in [0.15, 0.2) is 5.84 Å². The van der Waals surface area contributed by atoms with Crippen molar-refractivity contribution in [3.05, 3.63) is 35.4 Å². The average Bonchev–Trinajstić information content (AvgIpc) is 2.36. The maximum atomic E-state index is 8.61. The van der Waals surface area contributed by atoms with Crippen LogP contribution in [0.4, 0.5) is 0 Å². The zero-order valence-electron chi connectivity index (χ0n) is 10.5. The lowest BCUT2D eigenvalue weighted by Crippen LogP contribution is -2.25. The SMILES string of the molecule is CCCC(C)NCc1cccc(C(N)=NO)c1. The fourth-order valence-corrected chi connectivity index (χ4v) is 1.73. The van der Waals surface area contributed by atoms with Crippen LogP contribution in [0.5, 0.6) is 0 Å². The number of rotatable bonds is 6. The minimum Gasteiger partial charge on any atom is -0.409 e. The van der Waals surface area contributed by atoms with Gasteiger partial charge in [0.05, 0.1) is 0 Å². The highest BCUT2D eigenvalue weighted by Gasteiger charge is 2.02. The van der Waals surface area contributed by atoms with Gasteiger partial charge in [-0.3, -0.25) is 0 Å². The summed E-state index contributed by atoms with van der Waals surface area (Å²) in [6.45, 7) is 5.15. The van der Waals surface area contributed by atoms with Gasteiger partial charge in [0.1, 0.15) is 0 Å². The Bertz CT molecular complexity index is 377. The van der Waals surface area contributed by atoms with Crippen molar-refractivity contribution in [2.75, 3.05) is 0 Å². The van der Waals surface area contributed by atoms with Gasteiger partial charge >= 0.3 is 0 Å². The number of benzene rings is 1. The topological polar surface area (TPSA) is 70.6 Å². The van der Waals surface area contributed by atoms with Crippen molar-refractivity contribution >= 4 is 5.84 Å². The Hall–Kier alpha value is -1.55. The van der Waals surface area contributed by atoms with E-state index in [1.807, 2.05) is 24.3 Å². The van der Waals surface area contributed by atoms with Gasteiger partial charge in [-0.25, -0.2) is 0 Å². The molecule has 0 spiro atoms. The van der Waals surface area contributed by atoms with Gasteiger partial charge in [-0.2, -0.15) is 0 Å². The predicted molar refractivity (Wildman–Crippen MR) is 70.2 cm³/mol. The number of nitrogens with zero attached hydrogens (tertiary/aromatic N) is 1. The molecule has 94 valence electrons. The quantitative estimate of drug-likeness (QED) is 0.306. The van der Waals surface area contributed by atoms with Gasteiger partial charge in [0.25, 0.3) is 0 Å². The number of nitrogens with two attached hydrogens (primary N) is 1. The molecule has 1 aromatic rings. The summed E-state index contributed by atoms with van der Waals surface area (Å²) < 4.78 is 0. The molecular weight excluding hydrogens is 214 g/mol. The Morgan fingerprint density at radius 3 is 2.94 bits per heavy atom. The normalized spacial score (nSPS) is 13.6. The molecule has 0 fully saturated rings. The summed E-state index contributed by atoms with van der Waals surface area (Å²) in [5.41, 5.74) is 7.43. The second-order valence-corrected chi connectivity index (χ2v) is 4.26. The third kappa shape index (κ3) is 4.44. The second kappa shape index (κ2) is 6.91. The summed E-state index contributed by atoms with van der Waals surface area (Å²) in [5, 5.41) is 15.1. The molecule has 1 rings (SSSR count). The monoisotopic (exact) mass is 235 g/mol. The highest BCUT2D eigenvalue weighted by atomic mass is 16.4. The van der Waals surface area contributed by atoms with Crippen LogP contribution in [-0.4, -0.2) is 17.1 Å². The van der Waals surface area contributed by atoms with E-state index in [1.54, 1.807) is 0 Å². The van der Waals surface area contributed by atoms with Gasteiger partial charge in [-0.05, 0) is 25.0 Å². The van der Waals surface area contributed by atoms with Crippen molar-refractivity contribution in [2.24, 2.45) is 10.9 Å². The van der Waals surface area contributed by atoms with Crippen molar-refractivity contribution in [2.45, 2.75) is 39.3 Å². The molecule has 1 unspecified atom stereocenters. The van der Waals surface area contributed by atoms with Crippen LogP contribution < -0.4 is 11.1 Å². The van der Waals surface area contributed by atoms with E-state index in [1.165, 1.54) is 12.8 Å². The molecule has 1 aromatic carbocycles. The van der Waals surface area contributed by atoms with Crippen molar-refractivity contribution < 1.29 is 5.21 Å². The standard InChI is InChI=1S/C13H21N3O/c1-3-5-10(2)15-9-11-6-4-7-12(8-11)13(14)16-17/h4,6-8,10,15,17H,3,5,9H2,1-2H3,(H2,14,16). The number of amidine groups is 1. The molecule has 0 aromatic heterocycles. The lowest BCUT2D eigenvalue weighted by molar-refractivity contribution is 0.318. The third-order valence-electron chi connectivity index (χ3n) is 2.71. The molecule has 0 aliphatic rings. The van der Waals surface area contributed by atoms with E-state index in [0.717, 1.165) is 17.7 Å². The first-order valence-corrected chi connectivity index (χ1v) is 5.97. The molecule has 17 heavy (non-hydrogen) atoms. The molecule has 4 heteroatoms. The maximum Gasteiger partial charge on any atom is 0.170 e. The Morgan fingerprint density at radius 1 is 1.53 bits per heavy atom. The fraction of sp³-hybridized carbons (Fsp3) is 0.462. The minimum atomic E-state index is 0.147. The molecular formula is C13H21N3O. The number of hydrogen-bond acceptors (Lipinski definition) is 3. The number of oxime groups is 1. The summed E-state index contributed by atoms with van der Waals surface area (Å²) in [6.07, 6.45) is 2.35. The number of nitrogens with one attached hydrogen (secondary N) is 1. The fourth-order valence-electron chi connectivity index (χ4n) is 1.73. The summed E-state index contributed by atoms with van der Waals surface area (Å²) in [7, 11) is 0. The van der Waals surface area contributed by atoms with E-state index in [9.17, 15) is 0 Å². The Kier molecular flexibility index (Phi) is 5.49. The lowest BCUT2D eigenvalue weighted by Gasteiger charge is -2.13. The molecule has 4 nitrogen and oxygen atoms in total. The molecule has 0 aliphatic carbocycles. The highest BCUT2D eigenvalue weighted by Crippen LogP contribution is 2.06. The maximum absolute atomic E-state index is 8.61. The van der Waals surface area contributed by atoms with Crippen LogP contribution in [-0.2, 0) is 6.54 Å². The van der Waals surface area contributed by atoms with E-state index >= 15 is 0 Å². The summed E-state index contributed by atoms with van der Waals surface area (Å²) >= 11 is 0. The number of hydrogen-bond donors (Lipinski definition) is 3. The van der Waals surface area contributed by atoms with Gasteiger partial charge in [0, 0.05) is 18.2 Å². The van der Waals surface area contributed by atoms with Crippen LogP contribution in [0, 0.1) is 0 Å². The van der Waals surface area contributed by atoms with Gasteiger partial charge in [-0.15, -0.1) is 0 Å². The van der Waals surface area contributed by atoms with E-state index in [0.29, 0.717) is 6.04 Å². The van der Waals surface area contributed by atoms with E-state index in [4.69, 9.17) is 10.9 Å². The molecule has 0 saturated carbocycles. The molecule has 0 amide bonds. The van der Waals surface area contributed by atoms with Crippen molar-refractivity contribution in [1.82, 2.24) is 5.32 Å². The molecule has 0 heterocycles. The van der Waals surface area contributed by atoms with Crippen LogP contribution in [0.2, 0.25) is 0 Å². The van der Waals surface area contributed by atoms with Crippen LogP contribution >= 0.6 is 0 Å². The zero-order chi connectivity index (χ0) is 12.7. The second-order valence-electron chi connectivity index (χ2n) is 4.26. The van der Waals surface area contributed by atoms with Gasteiger partial charge in [0.2, 0.25) is 0 Å². The summed E-state index contributed by atoms with van der Waals surface area (Å²) in [6, 6.07) is 8.20. The summed E-state index contributed by atoms with van der Waals surface area (Å²) in [4.78, 5) is 0. The smallest absolute Gasteiger partial charge is 0.170 e.